The molecule has 3 rings (SSSR count). The summed E-state index contributed by atoms with van der Waals surface area (Å²) in [6.45, 7) is 4.59. The molecule has 126 valence electrons. The van der Waals surface area contributed by atoms with Crippen molar-refractivity contribution in [1.29, 1.82) is 0 Å². The van der Waals surface area contributed by atoms with Gasteiger partial charge in [-0.3, -0.25) is 0 Å². The first-order chi connectivity index (χ1) is 10.6. The molecular formula is C17H24ClN3O2. The lowest BCUT2D eigenvalue weighted by Gasteiger charge is -2.17. The van der Waals surface area contributed by atoms with E-state index in [9.17, 15) is 0 Å². The van der Waals surface area contributed by atoms with E-state index < -0.39 is 5.54 Å². The molecule has 5 nitrogen and oxygen atoms in total. The van der Waals surface area contributed by atoms with Crippen LogP contribution in [-0.2, 0) is 12.1 Å². The Hall–Kier alpha value is -1.59. The number of nitrogens with two attached hydrogens (primary N) is 1. The molecular weight excluding hydrogens is 314 g/mol. The first-order valence-corrected chi connectivity index (χ1v) is 7.91. The normalized spacial score (nSPS) is 16.3. The molecule has 1 heterocycles. The van der Waals surface area contributed by atoms with E-state index in [1.807, 2.05) is 18.2 Å². The highest BCUT2D eigenvalue weighted by atomic mass is 35.5. The molecule has 0 bridgehead atoms. The molecule has 1 saturated carbocycles. The van der Waals surface area contributed by atoms with E-state index in [0.29, 0.717) is 17.6 Å². The molecule has 1 fully saturated rings. The van der Waals surface area contributed by atoms with E-state index >= 15 is 0 Å². The Bertz CT molecular complexity index is 636. The molecule has 1 aromatic carbocycles. The Morgan fingerprint density at radius 1 is 1.30 bits per heavy atom. The van der Waals surface area contributed by atoms with Gasteiger partial charge < -0.3 is 15.0 Å². The zero-order valence-corrected chi connectivity index (χ0v) is 14.4. The minimum atomic E-state index is -0.417. The van der Waals surface area contributed by atoms with Crippen LogP contribution >= 0.6 is 12.4 Å². The SMILES string of the molecule is CC(C)c1cccc(OCc2nc(C3(N)CCCC3)no2)c1.Cl. The summed E-state index contributed by atoms with van der Waals surface area (Å²) in [7, 11) is 0. The van der Waals surface area contributed by atoms with Gasteiger partial charge in [-0.1, -0.05) is 44.0 Å². The quantitative estimate of drug-likeness (QED) is 0.895. The Balaban J connectivity index is 0.00000192. The lowest BCUT2D eigenvalue weighted by molar-refractivity contribution is 0.241. The zero-order valence-electron chi connectivity index (χ0n) is 13.6. The average molecular weight is 338 g/mol. The van der Waals surface area contributed by atoms with Gasteiger partial charge in [-0.15, -0.1) is 12.4 Å². The van der Waals surface area contributed by atoms with Gasteiger partial charge in [0.1, 0.15) is 5.75 Å². The van der Waals surface area contributed by atoms with E-state index in [-0.39, 0.29) is 19.0 Å². The number of benzene rings is 1. The second-order valence-electron chi connectivity index (χ2n) is 6.39. The van der Waals surface area contributed by atoms with E-state index in [0.717, 1.165) is 31.4 Å². The van der Waals surface area contributed by atoms with Crippen LogP contribution in [0.4, 0.5) is 0 Å². The largest absolute Gasteiger partial charge is 0.484 e. The maximum Gasteiger partial charge on any atom is 0.264 e. The summed E-state index contributed by atoms with van der Waals surface area (Å²) in [5.41, 5.74) is 7.16. The number of hydrogen-bond donors (Lipinski definition) is 1. The van der Waals surface area contributed by atoms with Crippen LogP contribution in [0, 0.1) is 0 Å². The van der Waals surface area contributed by atoms with Gasteiger partial charge >= 0.3 is 0 Å². The van der Waals surface area contributed by atoms with Crippen LogP contribution in [0.5, 0.6) is 5.75 Å². The van der Waals surface area contributed by atoms with E-state index in [2.05, 4.69) is 30.1 Å². The van der Waals surface area contributed by atoms with Crippen LogP contribution in [0.25, 0.3) is 0 Å². The molecule has 0 radical (unpaired) electrons. The van der Waals surface area contributed by atoms with Crippen molar-refractivity contribution in [2.24, 2.45) is 5.73 Å². The van der Waals surface area contributed by atoms with Gasteiger partial charge in [0.15, 0.2) is 12.4 Å². The van der Waals surface area contributed by atoms with Crippen molar-refractivity contribution >= 4 is 12.4 Å². The minimum absolute atomic E-state index is 0. The molecule has 0 atom stereocenters. The molecule has 0 saturated heterocycles. The predicted octanol–water partition coefficient (Wildman–Crippen LogP) is 3.92. The molecule has 1 aliphatic rings. The third-order valence-corrected chi connectivity index (χ3v) is 4.30. The molecule has 1 aromatic heterocycles. The average Bonchev–Trinajstić information content (AvgIpc) is 3.15. The summed E-state index contributed by atoms with van der Waals surface area (Å²) in [6, 6.07) is 8.08. The van der Waals surface area contributed by atoms with Crippen LogP contribution in [0.2, 0.25) is 0 Å². The van der Waals surface area contributed by atoms with Gasteiger partial charge in [-0.25, -0.2) is 0 Å². The molecule has 0 amide bonds. The second-order valence-corrected chi connectivity index (χ2v) is 6.39. The first kappa shape index (κ1) is 17.8. The maximum absolute atomic E-state index is 6.33. The first-order valence-electron chi connectivity index (χ1n) is 7.91. The molecule has 23 heavy (non-hydrogen) atoms. The lowest BCUT2D eigenvalue weighted by Crippen LogP contribution is -2.34. The summed E-state index contributed by atoms with van der Waals surface area (Å²) in [5, 5.41) is 4.04. The third-order valence-electron chi connectivity index (χ3n) is 4.30. The molecule has 0 aliphatic heterocycles. The van der Waals surface area contributed by atoms with E-state index in [1.54, 1.807) is 0 Å². The number of nitrogens with zero attached hydrogens (tertiary/aromatic N) is 2. The van der Waals surface area contributed by atoms with Crippen molar-refractivity contribution in [3.05, 3.63) is 41.5 Å². The highest BCUT2D eigenvalue weighted by molar-refractivity contribution is 5.85. The zero-order chi connectivity index (χ0) is 15.6. The molecule has 2 aromatic rings. The predicted molar refractivity (Wildman–Crippen MR) is 90.7 cm³/mol. The Morgan fingerprint density at radius 2 is 2.04 bits per heavy atom. The van der Waals surface area contributed by atoms with Gasteiger partial charge in [-0.2, -0.15) is 4.98 Å². The van der Waals surface area contributed by atoms with Gasteiger partial charge in [0.2, 0.25) is 0 Å². The number of halogens is 1. The number of rotatable bonds is 5. The number of ether oxygens (including phenoxy) is 1. The Labute approximate surface area is 143 Å². The minimum Gasteiger partial charge on any atom is -0.484 e. The Kier molecular flexibility index (Phi) is 5.65. The monoisotopic (exact) mass is 337 g/mol. The topological polar surface area (TPSA) is 74.2 Å². The fraction of sp³-hybridized carbons (Fsp3) is 0.529. The van der Waals surface area contributed by atoms with E-state index in [1.165, 1.54) is 5.56 Å². The van der Waals surface area contributed by atoms with Crippen molar-refractivity contribution in [2.75, 3.05) is 0 Å². The van der Waals surface area contributed by atoms with Crippen LogP contribution in [0.3, 0.4) is 0 Å². The van der Waals surface area contributed by atoms with Crippen molar-refractivity contribution in [2.45, 2.75) is 57.6 Å². The van der Waals surface area contributed by atoms with Gasteiger partial charge in [0.05, 0.1) is 5.54 Å². The number of aromatic nitrogens is 2. The third kappa shape index (κ3) is 4.03. The van der Waals surface area contributed by atoms with E-state index in [4.69, 9.17) is 15.0 Å². The molecule has 1 aliphatic carbocycles. The van der Waals surface area contributed by atoms with Crippen molar-refractivity contribution in [3.8, 4) is 5.75 Å². The highest BCUT2D eigenvalue weighted by Gasteiger charge is 2.35. The van der Waals surface area contributed by atoms with Gasteiger partial charge in [-0.05, 0) is 36.5 Å². The molecule has 6 heteroatoms. The summed E-state index contributed by atoms with van der Waals surface area (Å²) in [4.78, 5) is 4.41. The van der Waals surface area contributed by atoms with Gasteiger partial charge in [0, 0.05) is 0 Å². The van der Waals surface area contributed by atoms with Crippen LogP contribution in [0.1, 0.15) is 62.7 Å². The second kappa shape index (κ2) is 7.32. The van der Waals surface area contributed by atoms with Crippen molar-refractivity contribution in [3.63, 3.8) is 0 Å². The van der Waals surface area contributed by atoms with Crippen molar-refractivity contribution < 1.29 is 9.26 Å². The van der Waals surface area contributed by atoms with Crippen LogP contribution in [-0.4, -0.2) is 10.1 Å². The Morgan fingerprint density at radius 3 is 2.74 bits per heavy atom. The summed E-state index contributed by atoms with van der Waals surface area (Å²) in [6.07, 6.45) is 4.09. The van der Waals surface area contributed by atoms with Crippen LogP contribution < -0.4 is 10.5 Å². The van der Waals surface area contributed by atoms with Gasteiger partial charge in [0.25, 0.3) is 5.89 Å². The molecule has 0 spiro atoms. The fourth-order valence-electron chi connectivity index (χ4n) is 2.85. The fourth-order valence-corrected chi connectivity index (χ4v) is 2.85. The molecule has 2 N–H and O–H groups in total. The van der Waals surface area contributed by atoms with Crippen molar-refractivity contribution in [1.82, 2.24) is 10.1 Å². The summed E-state index contributed by atoms with van der Waals surface area (Å²) in [5.74, 6) is 2.37. The highest BCUT2D eigenvalue weighted by Crippen LogP contribution is 2.34. The molecule has 0 unspecified atom stereocenters. The maximum atomic E-state index is 6.33. The lowest BCUT2D eigenvalue weighted by atomic mass is 9.99. The van der Waals surface area contributed by atoms with Crippen LogP contribution in [0.15, 0.2) is 28.8 Å². The smallest absolute Gasteiger partial charge is 0.264 e. The summed E-state index contributed by atoms with van der Waals surface area (Å²) >= 11 is 0. The standard InChI is InChI=1S/C17H23N3O2.ClH/c1-12(2)13-6-5-7-14(10-13)21-11-15-19-16(20-22-15)17(18)8-3-4-9-17;/h5-7,10,12H,3-4,8-9,11,18H2,1-2H3;1H. The number of hydrogen-bond acceptors (Lipinski definition) is 5. The summed E-state index contributed by atoms with van der Waals surface area (Å²) < 4.78 is 11.0.